The molecule has 2 N–H and O–H groups in total. The number of hydrogen-bond donors (Lipinski definition) is 2. The molecule has 2 aromatic carbocycles. The van der Waals surface area contributed by atoms with E-state index < -0.39 is 23.8 Å². The van der Waals surface area contributed by atoms with Crippen LogP contribution in [0.25, 0.3) is 10.9 Å². The molecule has 2 atom stereocenters. The fraction of sp³-hybridized carbons (Fsp3) is 0.483. The van der Waals surface area contributed by atoms with Gasteiger partial charge in [0.1, 0.15) is 11.9 Å². The first-order valence-electron chi connectivity index (χ1n) is 13.4. The monoisotopic (exact) mass is 538 g/mol. The maximum atomic E-state index is 13.2. The van der Waals surface area contributed by atoms with Gasteiger partial charge >= 0.3 is 0 Å². The standard InChI is InChI=1S/C29H35ClN4O4/c1-17(2)34-25-10-6-19(14-22(25)18(3)32-34)28(36)29(37)31-24(16-33-12-4-5-13-33)27(35)20-7-11-26(23(30)15-20)38-21-8-9-21/h6-7,10-11,14-15,17,21,24,27,35H,4-5,8-9,12-13,16H2,1-3H3,(H,31,37)/t24-,27-/m1/s1. The smallest absolute Gasteiger partial charge is 0.292 e. The largest absolute Gasteiger partial charge is 0.489 e. The zero-order valence-corrected chi connectivity index (χ0v) is 22.9. The number of nitrogens with one attached hydrogen (secondary N) is 1. The summed E-state index contributed by atoms with van der Waals surface area (Å²) < 4.78 is 7.73. The number of rotatable bonds is 10. The number of hydrogen-bond acceptors (Lipinski definition) is 6. The SMILES string of the molecule is Cc1nn(C(C)C)c2ccc(C(=O)C(=O)N[C@H](CN3CCCC3)[C@H](O)c3ccc(OC4CC4)c(Cl)c3)cc12. The van der Waals surface area contributed by atoms with Crippen molar-refractivity contribution in [3.8, 4) is 5.75 Å². The van der Waals surface area contributed by atoms with Crippen LogP contribution in [0.3, 0.4) is 0 Å². The normalized spacial score (nSPS) is 17.6. The van der Waals surface area contributed by atoms with Crippen molar-refractivity contribution in [2.45, 2.75) is 70.7 Å². The van der Waals surface area contributed by atoms with Gasteiger partial charge in [-0.25, -0.2) is 0 Å². The highest BCUT2D eigenvalue weighted by atomic mass is 35.5. The first-order chi connectivity index (χ1) is 18.2. The molecule has 1 aromatic heterocycles. The van der Waals surface area contributed by atoms with Gasteiger partial charge in [-0.05, 0) is 95.4 Å². The lowest BCUT2D eigenvalue weighted by Crippen LogP contribution is -2.48. The molecule has 0 spiro atoms. The third-order valence-corrected chi connectivity index (χ3v) is 7.61. The molecule has 1 saturated carbocycles. The van der Waals surface area contributed by atoms with E-state index >= 15 is 0 Å². The summed E-state index contributed by atoms with van der Waals surface area (Å²) >= 11 is 6.44. The van der Waals surface area contributed by atoms with Crippen LogP contribution in [0.2, 0.25) is 5.02 Å². The van der Waals surface area contributed by atoms with Gasteiger partial charge in [0.15, 0.2) is 0 Å². The van der Waals surface area contributed by atoms with Gasteiger partial charge in [0.05, 0.1) is 28.4 Å². The summed E-state index contributed by atoms with van der Waals surface area (Å²) in [5.41, 5.74) is 2.58. The van der Waals surface area contributed by atoms with Gasteiger partial charge in [0, 0.05) is 23.5 Å². The lowest BCUT2D eigenvalue weighted by atomic mass is 10.0. The number of benzene rings is 2. The topological polar surface area (TPSA) is 96.7 Å². The molecule has 2 aliphatic rings. The van der Waals surface area contributed by atoms with E-state index in [1.165, 1.54) is 0 Å². The van der Waals surface area contributed by atoms with Crippen LogP contribution in [0.5, 0.6) is 5.75 Å². The molecule has 1 aliphatic carbocycles. The van der Waals surface area contributed by atoms with E-state index in [1.54, 1.807) is 30.3 Å². The molecule has 1 aliphatic heterocycles. The van der Waals surface area contributed by atoms with Gasteiger partial charge in [-0.15, -0.1) is 0 Å². The Hall–Kier alpha value is -2.94. The van der Waals surface area contributed by atoms with Crippen LogP contribution in [-0.2, 0) is 4.79 Å². The Morgan fingerprint density at radius 3 is 2.55 bits per heavy atom. The maximum absolute atomic E-state index is 13.2. The van der Waals surface area contributed by atoms with Gasteiger partial charge < -0.3 is 20.1 Å². The molecule has 1 amide bonds. The second-order valence-electron chi connectivity index (χ2n) is 10.7. The Labute approximate surface area is 227 Å². The number of amides is 1. The van der Waals surface area contributed by atoms with Crippen molar-refractivity contribution in [3.63, 3.8) is 0 Å². The van der Waals surface area contributed by atoms with E-state index in [0.717, 1.165) is 55.4 Å². The lowest BCUT2D eigenvalue weighted by molar-refractivity contribution is -0.118. The summed E-state index contributed by atoms with van der Waals surface area (Å²) in [4.78, 5) is 28.6. The number of likely N-dealkylation sites (tertiary alicyclic amines) is 1. The number of nitrogens with zero attached hydrogens (tertiary/aromatic N) is 3. The van der Waals surface area contributed by atoms with Crippen LogP contribution in [0.15, 0.2) is 36.4 Å². The highest BCUT2D eigenvalue weighted by Gasteiger charge is 2.30. The van der Waals surface area contributed by atoms with Gasteiger partial charge in [-0.3, -0.25) is 14.3 Å². The summed E-state index contributed by atoms with van der Waals surface area (Å²) in [6.45, 7) is 8.19. The molecular formula is C29H35ClN4O4. The quantitative estimate of drug-likeness (QED) is 0.289. The second kappa shape index (κ2) is 11.0. The van der Waals surface area contributed by atoms with Crippen molar-refractivity contribution in [3.05, 3.63) is 58.2 Å². The molecule has 0 unspecified atom stereocenters. The van der Waals surface area contributed by atoms with Crippen LogP contribution in [0.4, 0.5) is 0 Å². The summed E-state index contributed by atoms with van der Waals surface area (Å²) in [5.74, 6) is -0.804. The van der Waals surface area contributed by atoms with Gasteiger partial charge in [0.2, 0.25) is 5.78 Å². The molecule has 0 bridgehead atoms. The zero-order valence-electron chi connectivity index (χ0n) is 22.1. The van der Waals surface area contributed by atoms with Crippen LogP contribution < -0.4 is 10.1 Å². The number of carbonyl (C=O) groups is 2. The van der Waals surface area contributed by atoms with Crippen LogP contribution >= 0.6 is 11.6 Å². The molecule has 9 heteroatoms. The maximum Gasteiger partial charge on any atom is 0.292 e. The Kier molecular flexibility index (Phi) is 7.75. The van der Waals surface area contributed by atoms with E-state index in [9.17, 15) is 14.7 Å². The Morgan fingerprint density at radius 1 is 1.16 bits per heavy atom. The van der Waals surface area contributed by atoms with E-state index in [2.05, 4.69) is 15.3 Å². The highest BCUT2D eigenvalue weighted by Crippen LogP contribution is 2.34. The van der Waals surface area contributed by atoms with Crippen LogP contribution in [0, 0.1) is 6.92 Å². The van der Waals surface area contributed by atoms with Crippen molar-refractivity contribution in [2.75, 3.05) is 19.6 Å². The Morgan fingerprint density at radius 2 is 1.89 bits per heavy atom. The number of aromatic nitrogens is 2. The van der Waals surface area contributed by atoms with Crippen molar-refractivity contribution in [1.29, 1.82) is 0 Å². The predicted molar refractivity (Wildman–Crippen MR) is 147 cm³/mol. The number of aliphatic hydroxyl groups is 1. The molecular weight excluding hydrogens is 504 g/mol. The third kappa shape index (κ3) is 5.72. The molecule has 5 rings (SSSR count). The van der Waals surface area contributed by atoms with E-state index in [4.69, 9.17) is 16.3 Å². The molecule has 1 saturated heterocycles. The number of Topliss-reactive ketones (excluding diaryl/α,β-unsaturated/α-hetero) is 1. The first kappa shape index (κ1) is 26.7. The number of halogens is 1. The average molecular weight is 539 g/mol. The molecule has 0 radical (unpaired) electrons. The fourth-order valence-electron chi connectivity index (χ4n) is 5.06. The molecule has 8 nitrogen and oxygen atoms in total. The van der Waals surface area contributed by atoms with Crippen LogP contribution in [-0.4, -0.2) is 63.3 Å². The zero-order chi connectivity index (χ0) is 27.0. The van der Waals surface area contributed by atoms with Crippen molar-refractivity contribution in [2.24, 2.45) is 0 Å². The highest BCUT2D eigenvalue weighted by molar-refractivity contribution is 6.43. The second-order valence-corrected chi connectivity index (χ2v) is 11.1. The summed E-state index contributed by atoms with van der Waals surface area (Å²) in [6.07, 6.45) is 3.33. The van der Waals surface area contributed by atoms with Crippen LogP contribution in [0.1, 0.15) is 73.3 Å². The minimum Gasteiger partial charge on any atom is -0.489 e. The van der Waals surface area contributed by atoms with E-state index in [0.29, 0.717) is 28.4 Å². The Balaban J connectivity index is 1.35. The minimum absolute atomic E-state index is 0.173. The molecule has 2 fully saturated rings. The molecule has 202 valence electrons. The summed E-state index contributed by atoms with van der Waals surface area (Å²) in [5, 5.41) is 20.0. The number of ether oxygens (including phenoxy) is 1. The molecule has 3 aromatic rings. The lowest BCUT2D eigenvalue weighted by Gasteiger charge is -2.28. The van der Waals surface area contributed by atoms with E-state index in [-0.39, 0.29) is 12.1 Å². The number of fused-ring (bicyclic) bond motifs is 1. The Bertz CT molecular complexity index is 1340. The number of aryl methyl sites for hydroxylation is 1. The van der Waals surface area contributed by atoms with E-state index in [1.807, 2.05) is 31.5 Å². The third-order valence-electron chi connectivity index (χ3n) is 7.32. The first-order valence-corrected chi connectivity index (χ1v) is 13.8. The van der Waals surface area contributed by atoms with Crippen molar-refractivity contribution < 1.29 is 19.4 Å². The predicted octanol–water partition coefficient (Wildman–Crippen LogP) is 4.62. The van der Waals surface area contributed by atoms with Gasteiger partial charge in [0.25, 0.3) is 5.91 Å². The molecule has 2 heterocycles. The number of ketones is 1. The van der Waals surface area contributed by atoms with Crippen molar-refractivity contribution in [1.82, 2.24) is 20.0 Å². The van der Waals surface area contributed by atoms with Crippen molar-refractivity contribution >= 4 is 34.2 Å². The van der Waals surface area contributed by atoms with Gasteiger partial charge in [-0.2, -0.15) is 5.10 Å². The van der Waals surface area contributed by atoms with Gasteiger partial charge in [-0.1, -0.05) is 17.7 Å². The summed E-state index contributed by atoms with van der Waals surface area (Å²) in [6, 6.07) is 9.90. The average Bonchev–Trinajstić information content (AvgIpc) is 3.45. The fourth-order valence-corrected chi connectivity index (χ4v) is 5.29. The summed E-state index contributed by atoms with van der Waals surface area (Å²) in [7, 11) is 0. The number of aliphatic hydroxyl groups excluding tert-OH is 1. The minimum atomic E-state index is -1.05. The molecule has 38 heavy (non-hydrogen) atoms. The number of carbonyl (C=O) groups excluding carboxylic acids is 2.